The number of hydrogen-bond acceptors (Lipinski definition) is 4. The Bertz CT molecular complexity index is 921. The number of halogens is 1. The summed E-state index contributed by atoms with van der Waals surface area (Å²) in [7, 11) is 1.59. The lowest BCUT2D eigenvalue weighted by Crippen LogP contribution is -2.30. The fraction of sp³-hybridized carbons (Fsp3) is 0.182. The van der Waals surface area contributed by atoms with E-state index >= 15 is 0 Å². The molecule has 1 heterocycles. The van der Waals surface area contributed by atoms with E-state index in [9.17, 15) is 14.0 Å². The van der Waals surface area contributed by atoms with Gasteiger partial charge in [0.05, 0.1) is 13.7 Å². The Labute approximate surface area is 167 Å². The third-order valence-electron chi connectivity index (χ3n) is 4.31. The molecule has 0 saturated heterocycles. The molecule has 3 rings (SSSR count). The van der Waals surface area contributed by atoms with Gasteiger partial charge in [-0.15, -0.1) is 11.3 Å². The van der Waals surface area contributed by atoms with E-state index in [0.29, 0.717) is 17.9 Å². The molecule has 0 N–H and O–H groups in total. The summed E-state index contributed by atoms with van der Waals surface area (Å²) in [5, 5.41) is 1.96. The molecular formula is C22H20FNO3S. The number of benzene rings is 2. The van der Waals surface area contributed by atoms with E-state index in [1.807, 2.05) is 29.6 Å². The van der Waals surface area contributed by atoms with Crippen LogP contribution in [0.4, 0.5) is 10.1 Å². The van der Waals surface area contributed by atoms with Gasteiger partial charge in [-0.2, -0.15) is 0 Å². The number of thiophene rings is 1. The minimum atomic E-state index is -0.394. The number of amides is 1. The summed E-state index contributed by atoms with van der Waals surface area (Å²) in [4.78, 5) is 27.9. The molecule has 1 aromatic heterocycles. The van der Waals surface area contributed by atoms with E-state index in [1.165, 1.54) is 24.3 Å². The van der Waals surface area contributed by atoms with Crippen molar-refractivity contribution in [3.05, 3.63) is 82.3 Å². The predicted molar refractivity (Wildman–Crippen MR) is 108 cm³/mol. The number of Topliss-reactive ketones (excluding diaryl/α,β-unsaturated/α-hetero) is 1. The second-order valence-electron chi connectivity index (χ2n) is 6.19. The maximum Gasteiger partial charge on any atom is 0.227 e. The van der Waals surface area contributed by atoms with Crippen molar-refractivity contribution >= 4 is 28.7 Å². The van der Waals surface area contributed by atoms with E-state index < -0.39 is 5.82 Å². The van der Waals surface area contributed by atoms with Crippen LogP contribution in [0.2, 0.25) is 0 Å². The van der Waals surface area contributed by atoms with Crippen molar-refractivity contribution < 1.29 is 18.7 Å². The molecule has 0 fully saturated rings. The normalized spacial score (nSPS) is 10.5. The highest BCUT2D eigenvalue weighted by molar-refractivity contribution is 7.09. The van der Waals surface area contributed by atoms with Gasteiger partial charge in [0, 0.05) is 29.0 Å². The lowest BCUT2D eigenvalue weighted by Gasteiger charge is -2.22. The summed E-state index contributed by atoms with van der Waals surface area (Å²) in [5.41, 5.74) is 1.15. The van der Waals surface area contributed by atoms with Gasteiger partial charge in [-0.25, -0.2) is 4.39 Å². The number of rotatable bonds is 8. The third-order valence-corrected chi connectivity index (χ3v) is 5.17. The Morgan fingerprint density at radius 3 is 2.32 bits per heavy atom. The zero-order chi connectivity index (χ0) is 19.9. The molecule has 0 spiro atoms. The standard InChI is InChI=1S/C22H20FNO3S/c1-27-19-10-8-18(9-11-19)24(15-20-3-2-14-28-20)22(26)13-12-21(25)16-4-6-17(23)7-5-16/h2-11,14H,12-13,15H2,1H3. The number of hydrogen-bond donors (Lipinski definition) is 0. The number of methoxy groups -OCH3 is 1. The smallest absolute Gasteiger partial charge is 0.227 e. The molecule has 28 heavy (non-hydrogen) atoms. The topological polar surface area (TPSA) is 46.6 Å². The lowest BCUT2D eigenvalue weighted by atomic mass is 10.1. The van der Waals surface area contributed by atoms with Gasteiger partial charge >= 0.3 is 0 Å². The number of ketones is 1. The molecule has 3 aromatic rings. The maximum atomic E-state index is 13.0. The van der Waals surface area contributed by atoms with E-state index in [-0.39, 0.29) is 24.5 Å². The predicted octanol–water partition coefficient (Wildman–Crippen LogP) is 5.09. The molecule has 0 unspecified atom stereocenters. The Kier molecular flexibility index (Phi) is 6.55. The van der Waals surface area contributed by atoms with Gasteiger partial charge in [0.15, 0.2) is 5.78 Å². The molecule has 0 bridgehead atoms. The highest BCUT2D eigenvalue weighted by atomic mass is 32.1. The van der Waals surface area contributed by atoms with Gasteiger partial charge in [0.2, 0.25) is 5.91 Å². The van der Waals surface area contributed by atoms with Crippen LogP contribution in [-0.4, -0.2) is 18.8 Å². The van der Waals surface area contributed by atoms with Crippen LogP contribution in [0.3, 0.4) is 0 Å². The third kappa shape index (κ3) is 5.04. The Hall–Kier alpha value is -2.99. The molecule has 144 valence electrons. The highest BCUT2D eigenvalue weighted by Crippen LogP contribution is 2.24. The molecule has 0 radical (unpaired) electrons. The molecule has 2 aromatic carbocycles. The molecule has 0 aliphatic rings. The monoisotopic (exact) mass is 397 g/mol. The van der Waals surface area contributed by atoms with Gasteiger partial charge in [-0.05, 0) is 60.0 Å². The molecule has 1 amide bonds. The zero-order valence-corrected chi connectivity index (χ0v) is 16.2. The number of carbonyl (C=O) groups is 2. The van der Waals surface area contributed by atoms with Crippen molar-refractivity contribution in [1.82, 2.24) is 0 Å². The number of ether oxygens (including phenoxy) is 1. The van der Waals surface area contributed by atoms with Crippen molar-refractivity contribution in [3.63, 3.8) is 0 Å². The Morgan fingerprint density at radius 2 is 1.71 bits per heavy atom. The first-order valence-electron chi connectivity index (χ1n) is 8.82. The van der Waals surface area contributed by atoms with Crippen molar-refractivity contribution in [2.75, 3.05) is 12.0 Å². The second kappa shape index (κ2) is 9.28. The molecule has 0 aliphatic carbocycles. The highest BCUT2D eigenvalue weighted by Gasteiger charge is 2.18. The average Bonchev–Trinajstić information content (AvgIpc) is 3.24. The quantitative estimate of drug-likeness (QED) is 0.497. The number of nitrogens with zero attached hydrogens (tertiary/aromatic N) is 1. The van der Waals surface area contributed by atoms with Gasteiger partial charge in [-0.3, -0.25) is 9.59 Å². The Morgan fingerprint density at radius 1 is 1.00 bits per heavy atom. The first-order valence-corrected chi connectivity index (χ1v) is 9.70. The molecule has 0 saturated carbocycles. The molecule has 4 nitrogen and oxygen atoms in total. The van der Waals surface area contributed by atoms with Gasteiger partial charge in [0.25, 0.3) is 0 Å². The van der Waals surface area contributed by atoms with Gasteiger partial charge < -0.3 is 9.64 Å². The number of carbonyl (C=O) groups excluding carboxylic acids is 2. The molecular weight excluding hydrogens is 377 g/mol. The number of anilines is 1. The van der Waals surface area contributed by atoms with Crippen molar-refractivity contribution in [2.24, 2.45) is 0 Å². The largest absolute Gasteiger partial charge is 0.497 e. The van der Waals surface area contributed by atoms with E-state index in [2.05, 4.69) is 0 Å². The summed E-state index contributed by atoms with van der Waals surface area (Å²) in [6.07, 6.45) is 0.148. The van der Waals surface area contributed by atoms with Gasteiger partial charge in [-0.1, -0.05) is 6.07 Å². The van der Waals surface area contributed by atoms with E-state index in [0.717, 1.165) is 10.6 Å². The minimum Gasteiger partial charge on any atom is -0.497 e. The summed E-state index contributed by atoms with van der Waals surface area (Å²) in [6, 6.07) is 16.5. The molecule has 6 heteroatoms. The fourth-order valence-corrected chi connectivity index (χ4v) is 3.47. The minimum absolute atomic E-state index is 0.0710. The SMILES string of the molecule is COc1ccc(N(Cc2cccs2)C(=O)CCC(=O)c2ccc(F)cc2)cc1. The summed E-state index contributed by atoms with van der Waals surface area (Å²) >= 11 is 1.57. The van der Waals surface area contributed by atoms with E-state index in [4.69, 9.17) is 4.74 Å². The second-order valence-corrected chi connectivity index (χ2v) is 7.22. The van der Waals surface area contributed by atoms with Crippen LogP contribution < -0.4 is 9.64 Å². The Balaban J connectivity index is 1.72. The summed E-state index contributed by atoms with van der Waals surface area (Å²) in [5.74, 6) is -0.0128. The maximum absolute atomic E-state index is 13.0. The first-order chi connectivity index (χ1) is 13.6. The molecule has 0 atom stereocenters. The van der Waals surface area contributed by atoms with Crippen LogP contribution in [-0.2, 0) is 11.3 Å². The average molecular weight is 397 g/mol. The van der Waals surface area contributed by atoms with Crippen LogP contribution in [0.1, 0.15) is 28.1 Å². The zero-order valence-electron chi connectivity index (χ0n) is 15.4. The van der Waals surface area contributed by atoms with Crippen molar-refractivity contribution in [2.45, 2.75) is 19.4 Å². The van der Waals surface area contributed by atoms with E-state index in [1.54, 1.807) is 35.5 Å². The first kappa shape index (κ1) is 19.8. The lowest BCUT2D eigenvalue weighted by molar-refractivity contribution is -0.118. The van der Waals surface area contributed by atoms with Crippen LogP contribution in [0.25, 0.3) is 0 Å². The van der Waals surface area contributed by atoms with Crippen LogP contribution in [0.5, 0.6) is 5.75 Å². The van der Waals surface area contributed by atoms with Crippen LogP contribution in [0.15, 0.2) is 66.0 Å². The van der Waals surface area contributed by atoms with Crippen LogP contribution >= 0.6 is 11.3 Å². The summed E-state index contributed by atoms with van der Waals surface area (Å²) < 4.78 is 18.2. The summed E-state index contributed by atoms with van der Waals surface area (Å²) in [6.45, 7) is 0.438. The fourth-order valence-electron chi connectivity index (χ4n) is 2.78. The van der Waals surface area contributed by atoms with Crippen LogP contribution in [0, 0.1) is 5.82 Å². The van der Waals surface area contributed by atoms with Crippen molar-refractivity contribution in [1.29, 1.82) is 0 Å². The molecule has 0 aliphatic heterocycles. The van der Waals surface area contributed by atoms with Gasteiger partial charge in [0.1, 0.15) is 11.6 Å². The van der Waals surface area contributed by atoms with Crippen molar-refractivity contribution in [3.8, 4) is 5.75 Å².